The molecule has 24 heavy (non-hydrogen) atoms. The first-order valence-electron chi connectivity index (χ1n) is 7.78. The molecule has 0 unspecified atom stereocenters. The molecule has 10 nitrogen and oxygen atoms in total. The molecule has 0 aromatic heterocycles. The fourth-order valence-electron chi connectivity index (χ4n) is 2.13. The first-order chi connectivity index (χ1) is 11.1. The average Bonchev–Trinajstić information content (AvgIpc) is 2.46. The first-order valence-corrected chi connectivity index (χ1v) is 9.14. The summed E-state index contributed by atoms with van der Waals surface area (Å²) in [7, 11) is -2.51. The molecule has 0 aromatic carbocycles. The lowest BCUT2D eigenvalue weighted by molar-refractivity contribution is -0.124. The molecule has 11 heteroatoms. The highest BCUT2D eigenvalue weighted by molar-refractivity contribution is 7.80. The molecule has 0 bridgehead atoms. The van der Waals surface area contributed by atoms with Crippen LogP contribution in [-0.2, 0) is 24.3 Å². The lowest BCUT2D eigenvalue weighted by Gasteiger charge is -2.32. The molecule has 1 rings (SSSR count). The van der Waals surface area contributed by atoms with Crippen molar-refractivity contribution in [2.45, 2.75) is 20.3 Å². The molecule has 0 atom stereocenters. The summed E-state index contributed by atoms with van der Waals surface area (Å²) in [5.74, 6) is -0.0126. The zero-order chi connectivity index (χ0) is 18.2. The summed E-state index contributed by atoms with van der Waals surface area (Å²) in [6.45, 7) is 8.64. The van der Waals surface area contributed by atoms with Crippen LogP contribution in [0.2, 0.25) is 0 Å². The van der Waals surface area contributed by atoms with Crippen LogP contribution < -0.4 is 11.0 Å². The van der Waals surface area contributed by atoms with Crippen molar-refractivity contribution in [2.24, 2.45) is 5.41 Å². The van der Waals surface area contributed by atoms with Crippen LogP contribution in [0.15, 0.2) is 0 Å². The quantitative estimate of drug-likeness (QED) is 0.254. The molecule has 1 amide bonds. The predicted molar refractivity (Wildman–Crippen MR) is 87.1 cm³/mol. The van der Waals surface area contributed by atoms with E-state index in [9.17, 15) is 13.2 Å². The number of likely N-dealkylation sites (N-methyl/N-ethyl adjacent to an activating group) is 1. The van der Waals surface area contributed by atoms with Crippen molar-refractivity contribution in [3.8, 4) is 0 Å². The largest absolute Gasteiger partial charge is 0.415 e. The van der Waals surface area contributed by atoms with Crippen molar-refractivity contribution in [3.05, 3.63) is 0 Å². The molecule has 1 aliphatic rings. The van der Waals surface area contributed by atoms with Gasteiger partial charge in [0.25, 0.3) is 0 Å². The Bertz CT molecular complexity index is 491. The van der Waals surface area contributed by atoms with E-state index in [0.717, 1.165) is 26.2 Å². The maximum absolute atomic E-state index is 12.0. The summed E-state index contributed by atoms with van der Waals surface area (Å²) in [6.07, 6.45) is 0.545. The molecule has 0 spiro atoms. The van der Waals surface area contributed by atoms with Gasteiger partial charge in [0.05, 0.1) is 13.2 Å². The van der Waals surface area contributed by atoms with Gasteiger partial charge >= 0.3 is 10.4 Å². The van der Waals surface area contributed by atoms with Gasteiger partial charge in [-0.05, 0) is 18.9 Å². The second-order valence-corrected chi connectivity index (χ2v) is 7.74. The van der Waals surface area contributed by atoms with E-state index < -0.39 is 10.4 Å². The second-order valence-electron chi connectivity index (χ2n) is 6.71. The number of carbonyl (C=O) groups excluding carboxylic acids is 1. The molecule has 1 heterocycles. The van der Waals surface area contributed by atoms with Crippen molar-refractivity contribution in [1.29, 1.82) is 0 Å². The number of rotatable bonds is 10. The third kappa shape index (κ3) is 10.1. The van der Waals surface area contributed by atoms with Gasteiger partial charge in [0.15, 0.2) is 0 Å². The van der Waals surface area contributed by atoms with Crippen molar-refractivity contribution >= 4 is 16.3 Å². The van der Waals surface area contributed by atoms with Gasteiger partial charge in [0, 0.05) is 32.7 Å². The molecule has 142 valence electrons. The smallest absolute Gasteiger partial charge is 0.354 e. The maximum atomic E-state index is 12.0. The number of hydrogen-bond acceptors (Lipinski definition) is 8. The standard InChI is InChI=1S/C13H28N4O6S/c1-13(2,4-9-22-15-23-24(19,20)21)11-14-12(18)10-17-7-5-16(3)6-8-17/h15H,4-11H2,1-3H3,(H,14,18)(H,19,20,21). The fourth-order valence-corrected chi connectivity index (χ4v) is 2.26. The Morgan fingerprint density at radius 3 is 2.46 bits per heavy atom. The van der Waals surface area contributed by atoms with Gasteiger partial charge in [0.2, 0.25) is 5.91 Å². The summed E-state index contributed by atoms with van der Waals surface area (Å²) >= 11 is 0. The predicted octanol–water partition coefficient (Wildman–Crippen LogP) is -0.978. The zero-order valence-corrected chi connectivity index (χ0v) is 15.3. The Morgan fingerprint density at radius 1 is 1.25 bits per heavy atom. The van der Waals surface area contributed by atoms with Gasteiger partial charge in [-0.3, -0.25) is 19.1 Å². The lowest BCUT2D eigenvalue weighted by atomic mass is 9.90. The highest BCUT2D eigenvalue weighted by atomic mass is 32.3. The van der Waals surface area contributed by atoms with Gasteiger partial charge in [0.1, 0.15) is 0 Å². The van der Waals surface area contributed by atoms with E-state index in [-0.39, 0.29) is 17.9 Å². The SMILES string of the molecule is CN1CCN(CC(=O)NCC(C)(C)CCONOS(=O)(=O)O)CC1. The van der Waals surface area contributed by atoms with Gasteiger partial charge in [-0.15, -0.1) is 4.28 Å². The molecule has 0 saturated carbocycles. The summed E-state index contributed by atoms with van der Waals surface area (Å²) < 4.78 is 32.7. The molecule has 1 aliphatic heterocycles. The van der Waals surface area contributed by atoms with Crippen LogP contribution in [0, 0.1) is 5.41 Å². The van der Waals surface area contributed by atoms with E-state index >= 15 is 0 Å². The van der Waals surface area contributed by atoms with E-state index in [0.29, 0.717) is 19.5 Å². The Balaban J connectivity index is 2.16. The average molecular weight is 368 g/mol. The molecule has 0 aliphatic carbocycles. The van der Waals surface area contributed by atoms with E-state index in [2.05, 4.69) is 26.4 Å². The first kappa shape index (κ1) is 21.2. The number of nitrogens with one attached hydrogen (secondary N) is 2. The summed E-state index contributed by atoms with van der Waals surface area (Å²) in [4.78, 5) is 21.1. The Morgan fingerprint density at radius 2 is 1.88 bits per heavy atom. The van der Waals surface area contributed by atoms with E-state index in [1.165, 1.54) is 0 Å². The summed E-state index contributed by atoms with van der Waals surface area (Å²) in [6, 6.07) is 0. The summed E-state index contributed by atoms with van der Waals surface area (Å²) in [5.41, 5.74) is 1.45. The van der Waals surface area contributed by atoms with Crippen molar-refractivity contribution < 1.29 is 26.9 Å². The van der Waals surface area contributed by atoms with Gasteiger partial charge in [-0.25, -0.2) is 0 Å². The minimum atomic E-state index is -4.58. The summed E-state index contributed by atoms with van der Waals surface area (Å²) in [5, 5.41) is 2.91. The topological polar surface area (TPSA) is 120 Å². The third-order valence-corrected chi connectivity index (χ3v) is 4.09. The molecule has 0 aromatic rings. The van der Waals surface area contributed by atoms with E-state index in [1.54, 1.807) is 5.64 Å². The number of hydrogen-bond donors (Lipinski definition) is 3. The highest BCUT2D eigenvalue weighted by Crippen LogP contribution is 2.18. The van der Waals surface area contributed by atoms with Crippen LogP contribution in [0.1, 0.15) is 20.3 Å². The van der Waals surface area contributed by atoms with Crippen molar-refractivity contribution in [3.63, 3.8) is 0 Å². The molecular weight excluding hydrogens is 340 g/mol. The molecular formula is C13H28N4O6S. The fraction of sp³-hybridized carbons (Fsp3) is 0.923. The Kier molecular flexibility index (Phi) is 8.50. The van der Waals surface area contributed by atoms with Crippen molar-refractivity contribution in [2.75, 3.05) is 52.9 Å². The van der Waals surface area contributed by atoms with Gasteiger partial charge < -0.3 is 10.2 Å². The lowest BCUT2D eigenvalue weighted by Crippen LogP contribution is -2.49. The zero-order valence-electron chi connectivity index (χ0n) is 14.4. The Hall–Kier alpha value is -0.820. The van der Waals surface area contributed by atoms with Crippen LogP contribution in [0.5, 0.6) is 0 Å². The van der Waals surface area contributed by atoms with E-state index in [1.807, 2.05) is 13.8 Å². The Labute approximate surface area is 143 Å². The minimum Gasteiger partial charge on any atom is -0.354 e. The monoisotopic (exact) mass is 368 g/mol. The van der Waals surface area contributed by atoms with E-state index in [4.69, 9.17) is 9.39 Å². The molecule has 1 fully saturated rings. The highest BCUT2D eigenvalue weighted by Gasteiger charge is 2.21. The second kappa shape index (κ2) is 9.61. The van der Waals surface area contributed by atoms with Gasteiger partial charge in [-0.1, -0.05) is 19.5 Å². The van der Waals surface area contributed by atoms with Crippen molar-refractivity contribution in [1.82, 2.24) is 20.8 Å². The number of piperazine rings is 1. The normalized spacial score (nSPS) is 17.8. The molecule has 3 N–H and O–H groups in total. The molecule has 1 saturated heterocycles. The number of nitrogens with zero attached hydrogens (tertiary/aromatic N) is 2. The van der Waals surface area contributed by atoms with Crippen LogP contribution >= 0.6 is 0 Å². The third-order valence-electron chi connectivity index (χ3n) is 3.81. The minimum absolute atomic E-state index is 0.0126. The maximum Gasteiger partial charge on any atom is 0.415 e. The number of carbonyl (C=O) groups is 1. The molecule has 0 radical (unpaired) electrons. The van der Waals surface area contributed by atoms with Crippen LogP contribution in [0.25, 0.3) is 0 Å². The number of amides is 1. The van der Waals surface area contributed by atoms with Crippen LogP contribution in [0.3, 0.4) is 0 Å². The van der Waals surface area contributed by atoms with Gasteiger partial charge in [-0.2, -0.15) is 8.42 Å². The van der Waals surface area contributed by atoms with Crippen LogP contribution in [0.4, 0.5) is 0 Å². The van der Waals surface area contributed by atoms with Crippen LogP contribution in [-0.4, -0.2) is 81.6 Å².